The molecule has 0 amide bonds. The number of hydrogen-bond donors (Lipinski definition) is 1. The van der Waals surface area contributed by atoms with Crippen LogP contribution < -0.4 is 10.1 Å². The van der Waals surface area contributed by atoms with Crippen LogP contribution in [0.1, 0.15) is 11.3 Å². The largest absolute Gasteiger partial charge is 0.481 e. The molecule has 0 aliphatic heterocycles. The van der Waals surface area contributed by atoms with Crippen molar-refractivity contribution in [3.63, 3.8) is 0 Å². The lowest BCUT2D eigenvalue weighted by Gasteiger charge is -2.09. The number of nitrogens with one attached hydrogen (secondary N) is 1. The van der Waals surface area contributed by atoms with E-state index in [0.717, 1.165) is 0 Å². The first-order chi connectivity index (χ1) is 8.70. The van der Waals surface area contributed by atoms with Gasteiger partial charge in [-0.05, 0) is 24.7 Å². The molecule has 0 bridgehead atoms. The summed E-state index contributed by atoms with van der Waals surface area (Å²) in [5.74, 6) is -1.76. The molecule has 0 unspecified atom stereocenters. The zero-order valence-corrected chi connectivity index (χ0v) is 10.6. The van der Waals surface area contributed by atoms with Crippen molar-refractivity contribution in [2.75, 3.05) is 7.05 Å². The number of aromatic nitrogens is 1. The first-order valence-electron chi connectivity index (χ1n) is 5.33. The second-order valence-corrected chi connectivity index (χ2v) is 4.41. The van der Waals surface area contributed by atoms with Crippen LogP contribution >= 0.6 is 11.3 Å². The van der Waals surface area contributed by atoms with Crippen molar-refractivity contribution < 1.29 is 13.5 Å². The van der Waals surface area contributed by atoms with Crippen molar-refractivity contribution in [1.82, 2.24) is 10.3 Å². The van der Waals surface area contributed by atoms with Gasteiger partial charge in [-0.3, -0.25) is 0 Å². The molecule has 0 aliphatic rings. The van der Waals surface area contributed by atoms with Crippen LogP contribution in [0.25, 0.3) is 0 Å². The maximum atomic E-state index is 13.7. The Balaban J connectivity index is 2.12. The van der Waals surface area contributed by atoms with Crippen LogP contribution in [0.4, 0.5) is 8.78 Å². The number of rotatable bonds is 5. The minimum atomic E-state index is -0.699. The van der Waals surface area contributed by atoms with Gasteiger partial charge in [-0.15, -0.1) is 11.3 Å². The summed E-state index contributed by atoms with van der Waals surface area (Å²) < 4.78 is 32.4. The van der Waals surface area contributed by atoms with E-state index < -0.39 is 11.6 Å². The molecule has 18 heavy (non-hydrogen) atoms. The quantitative estimate of drug-likeness (QED) is 0.907. The SMILES string of the molecule is CNCc1cc(F)c(OCc2cscn2)c(F)c1. The molecule has 0 aliphatic carbocycles. The fourth-order valence-electron chi connectivity index (χ4n) is 1.51. The normalized spacial score (nSPS) is 10.6. The minimum absolute atomic E-state index is 0.0582. The Bertz CT molecular complexity index is 494. The number of halogens is 2. The second-order valence-electron chi connectivity index (χ2n) is 3.69. The van der Waals surface area contributed by atoms with Gasteiger partial charge in [-0.2, -0.15) is 0 Å². The van der Waals surface area contributed by atoms with Gasteiger partial charge < -0.3 is 10.1 Å². The Morgan fingerprint density at radius 1 is 1.33 bits per heavy atom. The summed E-state index contributed by atoms with van der Waals surface area (Å²) in [6.45, 7) is 0.461. The van der Waals surface area contributed by atoms with Crippen molar-refractivity contribution >= 4 is 11.3 Å². The predicted molar refractivity (Wildman–Crippen MR) is 65.6 cm³/mol. The number of thiazole rings is 1. The van der Waals surface area contributed by atoms with Gasteiger partial charge >= 0.3 is 0 Å². The molecule has 0 radical (unpaired) electrons. The number of ether oxygens (including phenoxy) is 1. The number of hydrogen-bond acceptors (Lipinski definition) is 4. The Kier molecular flexibility index (Phi) is 4.22. The summed E-state index contributed by atoms with van der Waals surface area (Å²) in [5, 5.41) is 4.60. The molecule has 96 valence electrons. The standard InChI is InChI=1S/C12H12F2N2OS/c1-15-4-8-2-10(13)12(11(14)3-8)17-5-9-6-18-7-16-9/h2-3,6-7,15H,4-5H2,1H3. The van der Waals surface area contributed by atoms with E-state index in [4.69, 9.17) is 4.74 Å². The van der Waals surface area contributed by atoms with Crippen LogP contribution in [-0.2, 0) is 13.2 Å². The van der Waals surface area contributed by atoms with E-state index in [1.807, 2.05) is 0 Å². The van der Waals surface area contributed by atoms with Crippen LogP contribution in [0.2, 0.25) is 0 Å². The molecule has 1 heterocycles. The third kappa shape index (κ3) is 3.02. The molecule has 1 N–H and O–H groups in total. The molecule has 6 heteroatoms. The van der Waals surface area contributed by atoms with Gasteiger partial charge in [0.05, 0.1) is 11.2 Å². The lowest BCUT2D eigenvalue weighted by atomic mass is 10.2. The lowest BCUT2D eigenvalue weighted by Crippen LogP contribution is -2.07. The zero-order valence-electron chi connectivity index (χ0n) is 9.74. The third-order valence-electron chi connectivity index (χ3n) is 2.29. The Hall–Kier alpha value is -1.53. The highest BCUT2D eigenvalue weighted by Gasteiger charge is 2.13. The molecular weight excluding hydrogens is 258 g/mol. The van der Waals surface area contributed by atoms with Crippen LogP contribution in [0.5, 0.6) is 5.75 Å². The van der Waals surface area contributed by atoms with Gasteiger partial charge in [0.15, 0.2) is 17.4 Å². The maximum Gasteiger partial charge on any atom is 0.191 e. The van der Waals surface area contributed by atoms with Crippen molar-refractivity contribution in [2.24, 2.45) is 0 Å². The van der Waals surface area contributed by atoms with E-state index in [0.29, 0.717) is 17.8 Å². The minimum Gasteiger partial charge on any atom is -0.481 e. The molecule has 2 rings (SSSR count). The summed E-state index contributed by atoms with van der Waals surface area (Å²) >= 11 is 1.41. The molecule has 2 aromatic rings. The molecule has 0 atom stereocenters. The van der Waals surface area contributed by atoms with E-state index in [-0.39, 0.29) is 12.4 Å². The molecule has 0 spiro atoms. The summed E-state index contributed by atoms with van der Waals surface area (Å²) in [4.78, 5) is 3.98. The molecular formula is C12H12F2N2OS. The van der Waals surface area contributed by atoms with E-state index in [1.54, 1.807) is 17.9 Å². The Morgan fingerprint density at radius 3 is 2.61 bits per heavy atom. The summed E-state index contributed by atoms with van der Waals surface area (Å²) in [5.41, 5.74) is 2.83. The van der Waals surface area contributed by atoms with E-state index in [2.05, 4.69) is 10.3 Å². The van der Waals surface area contributed by atoms with Gasteiger partial charge in [-0.1, -0.05) is 0 Å². The molecule has 1 aromatic carbocycles. The Labute approximate surface area is 107 Å². The molecule has 0 fully saturated rings. The van der Waals surface area contributed by atoms with E-state index in [1.165, 1.54) is 23.5 Å². The maximum absolute atomic E-state index is 13.7. The van der Waals surface area contributed by atoms with Gasteiger partial charge in [0.2, 0.25) is 0 Å². The first kappa shape index (κ1) is 12.9. The van der Waals surface area contributed by atoms with Crippen molar-refractivity contribution in [2.45, 2.75) is 13.2 Å². The number of benzene rings is 1. The summed E-state index contributed by atoms with van der Waals surface area (Å²) in [7, 11) is 1.71. The van der Waals surface area contributed by atoms with Gasteiger partial charge in [0.1, 0.15) is 6.61 Å². The first-order valence-corrected chi connectivity index (χ1v) is 6.27. The van der Waals surface area contributed by atoms with Crippen molar-refractivity contribution in [3.8, 4) is 5.75 Å². The second kappa shape index (κ2) is 5.88. The van der Waals surface area contributed by atoms with E-state index in [9.17, 15) is 8.78 Å². The molecule has 0 saturated carbocycles. The van der Waals surface area contributed by atoms with Crippen LogP contribution in [0.15, 0.2) is 23.0 Å². The fourth-order valence-corrected chi connectivity index (χ4v) is 2.05. The van der Waals surface area contributed by atoms with Gasteiger partial charge in [-0.25, -0.2) is 13.8 Å². The Morgan fingerprint density at radius 2 is 2.06 bits per heavy atom. The molecule has 0 saturated heterocycles. The molecule has 1 aromatic heterocycles. The number of nitrogens with zero attached hydrogens (tertiary/aromatic N) is 1. The van der Waals surface area contributed by atoms with Gasteiger partial charge in [0.25, 0.3) is 0 Å². The van der Waals surface area contributed by atoms with E-state index >= 15 is 0 Å². The van der Waals surface area contributed by atoms with Gasteiger partial charge in [0, 0.05) is 11.9 Å². The topological polar surface area (TPSA) is 34.1 Å². The average molecular weight is 270 g/mol. The predicted octanol–water partition coefficient (Wildman–Crippen LogP) is 2.72. The highest BCUT2D eigenvalue weighted by atomic mass is 32.1. The average Bonchev–Trinajstić information content (AvgIpc) is 2.81. The van der Waals surface area contributed by atoms with Crippen LogP contribution in [0, 0.1) is 11.6 Å². The van der Waals surface area contributed by atoms with Crippen molar-refractivity contribution in [1.29, 1.82) is 0 Å². The fraction of sp³-hybridized carbons (Fsp3) is 0.250. The summed E-state index contributed by atoms with van der Waals surface area (Å²) in [6.07, 6.45) is 0. The van der Waals surface area contributed by atoms with Crippen molar-refractivity contribution in [3.05, 3.63) is 45.9 Å². The highest BCUT2D eigenvalue weighted by molar-refractivity contribution is 7.07. The van der Waals surface area contributed by atoms with Crippen LogP contribution in [-0.4, -0.2) is 12.0 Å². The zero-order chi connectivity index (χ0) is 13.0. The lowest BCUT2D eigenvalue weighted by molar-refractivity contribution is 0.270. The monoisotopic (exact) mass is 270 g/mol. The van der Waals surface area contributed by atoms with Crippen LogP contribution in [0.3, 0.4) is 0 Å². The highest BCUT2D eigenvalue weighted by Crippen LogP contribution is 2.24. The molecule has 3 nitrogen and oxygen atoms in total. The smallest absolute Gasteiger partial charge is 0.191 e. The summed E-state index contributed by atoms with van der Waals surface area (Å²) in [6, 6.07) is 2.52. The third-order valence-corrected chi connectivity index (χ3v) is 2.92.